The van der Waals surface area contributed by atoms with E-state index in [1.165, 1.54) is 6.92 Å². The van der Waals surface area contributed by atoms with Crippen LogP contribution >= 0.6 is 0 Å². The molecule has 0 heterocycles. The van der Waals surface area contributed by atoms with Crippen LogP contribution in [0.2, 0.25) is 0 Å². The first-order valence-electron chi connectivity index (χ1n) is 10.2. The van der Waals surface area contributed by atoms with Crippen molar-refractivity contribution in [1.29, 1.82) is 0 Å². The molecule has 0 aromatic heterocycles. The van der Waals surface area contributed by atoms with Crippen LogP contribution in [0.25, 0.3) is 0 Å². The van der Waals surface area contributed by atoms with Crippen LogP contribution < -0.4 is 16.4 Å². The van der Waals surface area contributed by atoms with Gasteiger partial charge in [-0.15, -0.1) is 0 Å². The van der Waals surface area contributed by atoms with Gasteiger partial charge in [0.1, 0.15) is 25.3 Å². The maximum atomic E-state index is 12.5. The van der Waals surface area contributed by atoms with E-state index in [1.54, 1.807) is 0 Å². The van der Waals surface area contributed by atoms with Gasteiger partial charge in [-0.1, -0.05) is 60.7 Å². The molecular weight excluding hydrogens is 398 g/mol. The minimum absolute atomic E-state index is 0.0892. The topological polar surface area (TPSA) is 120 Å². The van der Waals surface area contributed by atoms with Gasteiger partial charge < -0.3 is 25.8 Å². The van der Waals surface area contributed by atoms with E-state index < -0.39 is 30.1 Å². The lowest BCUT2D eigenvalue weighted by Crippen LogP contribution is -2.50. The summed E-state index contributed by atoms with van der Waals surface area (Å²) in [5.41, 5.74) is 7.22. The molecule has 0 saturated heterocycles. The van der Waals surface area contributed by atoms with Crippen molar-refractivity contribution in [3.8, 4) is 0 Å². The Hall–Kier alpha value is -3.39. The zero-order valence-corrected chi connectivity index (χ0v) is 17.6. The molecule has 2 aromatic carbocycles. The van der Waals surface area contributed by atoms with Crippen molar-refractivity contribution in [1.82, 2.24) is 10.6 Å². The molecule has 8 nitrogen and oxygen atoms in total. The third-order valence-electron chi connectivity index (χ3n) is 4.46. The van der Waals surface area contributed by atoms with Gasteiger partial charge in [-0.3, -0.25) is 4.79 Å². The van der Waals surface area contributed by atoms with E-state index in [0.29, 0.717) is 19.4 Å². The van der Waals surface area contributed by atoms with Crippen molar-refractivity contribution >= 4 is 18.0 Å². The number of nitrogens with one attached hydrogen (secondary N) is 2. The molecule has 0 unspecified atom stereocenters. The summed E-state index contributed by atoms with van der Waals surface area (Å²) in [5, 5.41) is 5.09. The number of carbonyl (C=O) groups excluding carboxylic acids is 3. The van der Waals surface area contributed by atoms with Gasteiger partial charge in [-0.05, 0) is 37.4 Å². The fourth-order valence-corrected chi connectivity index (χ4v) is 2.70. The largest absolute Gasteiger partial charge is 0.459 e. The van der Waals surface area contributed by atoms with Crippen molar-refractivity contribution in [3.63, 3.8) is 0 Å². The molecule has 0 fully saturated rings. The molecule has 0 aliphatic rings. The molecule has 0 radical (unpaired) electrons. The van der Waals surface area contributed by atoms with E-state index in [0.717, 1.165) is 11.1 Å². The lowest BCUT2D eigenvalue weighted by atomic mass is 10.1. The summed E-state index contributed by atoms with van der Waals surface area (Å²) in [5.74, 6) is -1.07. The number of esters is 1. The SMILES string of the molecule is C[C@H](NC(=O)OCc1ccccc1)C(=O)N[C@@H](CCCN)C(=O)OCc1ccccc1. The Morgan fingerprint density at radius 1 is 0.871 bits per heavy atom. The number of nitrogens with two attached hydrogens (primary N) is 1. The van der Waals surface area contributed by atoms with Crippen molar-refractivity contribution in [2.24, 2.45) is 5.73 Å². The highest BCUT2D eigenvalue weighted by atomic mass is 16.5. The van der Waals surface area contributed by atoms with Gasteiger partial charge in [-0.25, -0.2) is 9.59 Å². The van der Waals surface area contributed by atoms with Gasteiger partial charge in [0.15, 0.2) is 0 Å². The Morgan fingerprint density at radius 3 is 1.97 bits per heavy atom. The van der Waals surface area contributed by atoms with Crippen LogP contribution in [0.4, 0.5) is 4.79 Å². The zero-order valence-electron chi connectivity index (χ0n) is 17.6. The maximum absolute atomic E-state index is 12.5. The van der Waals surface area contributed by atoms with E-state index in [1.807, 2.05) is 60.7 Å². The molecule has 166 valence electrons. The Morgan fingerprint density at radius 2 is 1.42 bits per heavy atom. The van der Waals surface area contributed by atoms with Gasteiger partial charge in [-0.2, -0.15) is 0 Å². The first kappa shape index (κ1) is 23.9. The van der Waals surface area contributed by atoms with Crippen LogP contribution in [0.3, 0.4) is 0 Å². The van der Waals surface area contributed by atoms with Crippen molar-refractivity contribution in [3.05, 3.63) is 71.8 Å². The van der Waals surface area contributed by atoms with E-state index >= 15 is 0 Å². The molecule has 4 N–H and O–H groups in total. The summed E-state index contributed by atoms with van der Waals surface area (Å²) in [7, 11) is 0. The van der Waals surface area contributed by atoms with Crippen molar-refractivity contribution in [2.75, 3.05) is 6.54 Å². The van der Waals surface area contributed by atoms with E-state index in [9.17, 15) is 14.4 Å². The Bertz CT molecular complexity index is 830. The van der Waals surface area contributed by atoms with Gasteiger partial charge in [0.05, 0.1) is 0 Å². The van der Waals surface area contributed by atoms with Crippen LogP contribution in [-0.2, 0) is 32.3 Å². The summed E-state index contributed by atoms with van der Waals surface area (Å²) in [6, 6.07) is 16.7. The molecule has 0 spiro atoms. The monoisotopic (exact) mass is 427 g/mol. The highest BCUT2D eigenvalue weighted by Crippen LogP contribution is 2.06. The minimum Gasteiger partial charge on any atom is -0.459 e. The van der Waals surface area contributed by atoms with Gasteiger partial charge >= 0.3 is 12.1 Å². The third-order valence-corrected chi connectivity index (χ3v) is 4.46. The molecule has 2 amide bonds. The second kappa shape index (κ2) is 13.0. The van der Waals surface area contributed by atoms with Gasteiger partial charge in [0, 0.05) is 0 Å². The van der Waals surface area contributed by atoms with Crippen LogP contribution in [0, 0.1) is 0 Å². The number of amides is 2. The smallest absolute Gasteiger partial charge is 0.408 e. The summed E-state index contributed by atoms with van der Waals surface area (Å²) >= 11 is 0. The maximum Gasteiger partial charge on any atom is 0.408 e. The summed E-state index contributed by atoms with van der Waals surface area (Å²) < 4.78 is 10.4. The number of carbonyl (C=O) groups is 3. The minimum atomic E-state index is -0.898. The second-order valence-corrected chi connectivity index (χ2v) is 7.01. The first-order chi connectivity index (χ1) is 15.0. The molecule has 0 saturated carbocycles. The Labute approximate surface area is 182 Å². The molecule has 2 atom stereocenters. The fourth-order valence-electron chi connectivity index (χ4n) is 2.70. The molecule has 0 bridgehead atoms. The molecule has 0 aliphatic heterocycles. The van der Waals surface area contributed by atoms with Crippen LogP contribution in [0.15, 0.2) is 60.7 Å². The quantitative estimate of drug-likeness (QED) is 0.473. The second-order valence-electron chi connectivity index (χ2n) is 7.01. The van der Waals surface area contributed by atoms with Crippen LogP contribution in [-0.4, -0.2) is 36.6 Å². The fraction of sp³-hybridized carbons (Fsp3) is 0.348. The molecule has 2 aromatic rings. The number of rotatable bonds is 11. The molecular formula is C23H29N3O5. The number of ether oxygens (including phenoxy) is 2. The van der Waals surface area contributed by atoms with E-state index in [-0.39, 0.29) is 13.2 Å². The number of alkyl carbamates (subject to hydrolysis) is 1. The highest BCUT2D eigenvalue weighted by molar-refractivity contribution is 5.89. The predicted octanol–water partition coefficient (Wildman–Crippen LogP) is 2.27. The van der Waals surface area contributed by atoms with Crippen LogP contribution in [0.1, 0.15) is 30.9 Å². The molecule has 31 heavy (non-hydrogen) atoms. The average molecular weight is 428 g/mol. The lowest BCUT2D eigenvalue weighted by Gasteiger charge is -2.20. The zero-order chi connectivity index (χ0) is 22.5. The Balaban J connectivity index is 1.83. The molecule has 2 rings (SSSR count). The summed E-state index contributed by atoms with van der Waals surface area (Å²) in [6.45, 7) is 2.08. The van der Waals surface area contributed by atoms with Crippen LogP contribution in [0.5, 0.6) is 0 Å². The molecule has 8 heteroatoms. The lowest BCUT2D eigenvalue weighted by molar-refractivity contribution is -0.149. The number of benzene rings is 2. The first-order valence-corrected chi connectivity index (χ1v) is 10.2. The van der Waals surface area contributed by atoms with Gasteiger partial charge in [0.2, 0.25) is 5.91 Å². The number of hydrogen-bond donors (Lipinski definition) is 3. The van der Waals surface area contributed by atoms with E-state index in [2.05, 4.69) is 10.6 Å². The number of hydrogen-bond acceptors (Lipinski definition) is 6. The Kier molecular flexibility index (Phi) is 10.0. The molecule has 0 aliphatic carbocycles. The van der Waals surface area contributed by atoms with Gasteiger partial charge in [0.25, 0.3) is 0 Å². The average Bonchev–Trinajstić information content (AvgIpc) is 2.80. The summed E-state index contributed by atoms with van der Waals surface area (Å²) in [6.07, 6.45) is 0.143. The normalized spacial score (nSPS) is 12.3. The third kappa shape index (κ3) is 8.88. The predicted molar refractivity (Wildman–Crippen MR) is 116 cm³/mol. The standard InChI is InChI=1S/C23H29N3O5/c1-17(25-23(29)31-16-19-11-6-3-7-12-19)21(27)26-20(13-8-14-24)22(28)30-15-18-9-4-2-5-10-18/h2-7,9-12,17,20H,8,13-16,24H2,1H3,(H,25,29)(H,26,27)/t17-,20-/m0/s1. The van der Waals surface area contributed by atoms with Crippen molar-refractivity contribution in [2.45, 2.75) is 45.1 Å². The summed E-state index contributed by atoms with van der Waals surface area (Å²) in [4.78, 5) is 36.9. The highest BCUT2D eigenvalue weighted by Gasteiger charge is 2.25. The van der Waals surface area contributed by atoms with E-state index in [4.69, 9.17) is 15.2 Å². The van der Waals surface area contributed by atoms with Crippen molar-refractivity contribution < 1.29 is 23.9 Å².